The molecule has 0 fully saturated rings. The molecule has 1 heterocycles. The number of nitrogens with one attached hydrogen (secondary N) is 1. The molecular weight excluding hydrogens is 273 g/mol. The van der Waals surface area contributed by atoms with E-state index in [0.717, 1.165) is 29.8 Å². The van der Waals surface area contributed by atoms with Crippen LogP contribution in [0.15, 0.2) is 29.6 Å². The van der Waals surface area contributed by atoms with Crippen LogP contribution in [-0.4, -0.2) is 13.7 Å². The van der Waals surface area contributed by atoms with Gasteiger partial charge in [-0.3, -0.25) is 0 Å². The third-order valence-electron chi connectivity index (χ3n) is 3.37. The number of hydrogen-bond donors (Lipinski definition) is 1. The highest BCUT2D eigenvalue weighted by atomic mass is 32.1. The molecule has 1 aromatic heterocycles. The van der Waals surface area contributed by atoms with Gasteiger partial charge in [0.15, 0.2) is 0 Å². The van der Waals surface area contributed by atoms with E-state index in [1.54, 1.807) is 24.5 Å². The first-order chi connectivity index (χ1) is 9.65. The predicted octanol–water partition coefficient (Wildman–Crippen LogP) is 4.10. The Morgan fingerprint density at radius 3 is 2.80 bits per heavy atom. The number of rotatable bonds is 6. The normalized spacial score (nSPS) is 12.4. The lowest BCUT2D eigenvalue weighted by Crippen LogP contribution is -2.22. The van der Waals surface area contributed by atoms with Crippen LogP contribution in [0.2, 0.25) is 0 Å². The second-order valence-corrected chi connectivity index (χ2v) is 5.69. The van der Waals surface area contributed by atoms with Crippen molar-refractivity contribution >= 4 is 11.3 Å². The lowest BCUT2D eigenvalue weighted by molar-refractivity contribution is 0.403. The first-order valence-corrected chi connectivity index (χ1v) is 7.63. The number of ether oxygens (including phenoxy) is 1. The molecule has 0 aliphatic carbocycles. The topological polar surface area (TPSA) is 21.3 Å². The molecule has 20 heavy (non-hydrogen) atoms. The van der Waals surface area contributed by atoms with Crippen molar-refractivity contribution in [2.75, 3.05) is 13.7 Å². The molecule has 1 unspecified atom stereocenters. The molecule has 2 aromatic rings. The van der Waals surface area contributed by atoms with Crippen molar-refractivity contribution in [1.29, 1.82) is 0 Å². The number of likely N-dealkylation sites (N-methyl/N-ethyl adjacent to an activating group) is 1. The van der Waals surface area contributed by atoms with Crippen LogP contribution >= 0.6 is 11.3 Å². The van der Waals surface area contributed by atoms with Crippen molar-refractivity contribution in [2.24, 2.45) is 0 Å². The Labute approximate surface area is 123 Å². The minimum Gasteiger partial charge on any atom is -0.496 e. The van der Waals surface area contributed by atoms with Gasteiger partial charge in [0, 0.05) is 6.04 Å². The highest BCUT2D eigenvalue weighted by molar-refractivity contribution is 7.10. The van der Waals surface area contributed by atoms with Crippen molar-refractivity contribution in [3.05, 3.63) is 51.5 Å². The van der Waals surface area contributed by atoms with Crippen molar-refractivity contribution in [3.63, 3.8) is 0 Å². The smallest absolute Gasteiger partial charge is 0.134 e. The second-order valence-electron chi connectivity index (χ2n) is 4.74. The molecule has 0 saturated carbocycles. The summed E-state index contributed by atoms with van der Waals surface area (Å²) >= 11 is 1.69. The highest BCUT2D eigenvalue weighted by Gasteiger charge is 2.18. The number of aryl methyl sites for hydroxylation is 1. The maximum Gasteiger partial charge on any atom is 0.134 e. The summed E-state index contributed by atoms with van der Waals surface area (Å²) in [7, 11) is 1.69. The number of hydrogen-bond acceptors (Lipinski definition) is 3. The van der Waals surface area contributed by atoms with Crippen molar-refractivity contribution < 1.29 is 9.13 Å². The van der Waals surface area contributed by atoms with Gasteiger partial charge in [-0.15, -0.1) is 11.3 Å². The van der Waals surface area contributed by atoms with E-state index in [1.165, 1.54) is 10.9 Å². The van der Waals surface area contributed by atoms with E-state index in [9.17, 15) is 4.39 Å². The molecule has 2 rings (SSSR count). The Morgan fingerprint density at radius 2 is 2.15 bits per heavy atom. The zero-order chi connectivity index (χ0) is 14.5. The average molecular weight is 293 g/mol. The van der Waals surface area contributed by atoms with Crippen LogP contribution in [-0.2, 0) is 6.42 Å². The Hall–Kier alpha value is -1.39. The molecule has 0 saturated heterocycles. The first-order valence-electron chi connectivity index (χ1n) is 6.75. The summed E-state index contributed by atoms with van der Waals surface area (Å²) in [5.74, 6) is 0.737. The highest BCUT2D eigenvalue weighted by Crippen LogP contribution is 2.33. The number of halogens is 1. The summed E-state index contributed by atoms with van der Waals surface area (Å²) in [4.78, 5) is 1.19. The zero-order valence-corrected chi connectivity index (χ0v) is 12.9. The van der Waals surface area contributed by atoms with Gasteiger partial charge in [-0.1, -0.05) is 13.0 Å². The van der Waals surface area contributed by atoms with E-state index in [0.29, 0.717) is 0 Å². The predicted molar refractivity (Wildman–Crippen MR) is 82.1 cm³/mol. The Balaban J connectivity index is 2.25. The van der Waals surface area contributed by atoms with E-state index >= 15 is 0 Å². The molecule has 1 N–H and O–H groups in total. The molecule has 0 radical (unpaired) electrons. The lowest BCUT2D eigenvalue weighted by Gasteiger charge is -2.19. The Kier molecular flexibility index (Phi) is 5.15. The molecule has 108 valence electrons. The summed E-state index contributed by atoms with van der Waals surface area (Å²) in [5.41, 5.74) is 2.15. The van der Waals surface area contributed by atoms with Gasteiger partial charge in [0.25, 0.3) is 0 Å². The Bertz CT molecular complexity index is 567. The van der Waals surface area contributed by atoms with Gasteiger partial charge < -0.3 is 10.1 Å². The maximum atomic E-state index is 13.2. The van der Waals surface area contributed by atoms with Crippen LogP contribution in [0.4, 0.5) is 4.39 Å². The molecular formula is C16H20FNOS. The fourth-order valence-corrected chi connectivity index (χ4v) is 3.28. The van der Waals surface area contributed by atoms with E-state index in [1.807, 2.05) is 24.4 Å². The fraction of sp³-hybridized carbons (Fsp3) is 0.375. The van der Waals surface area contributed by atoms with Crippen molar-refractivity contribution in [2.45, 2.75) is 26.3 Å². The number of thiophene rings is 1. The van der Waals surface area contributed by atoms with Crippen LogP contribution < -0.4 is 10.1 Å². The molecule has 0 aliphatic rings. The van der Waals surface area contributed by atoms with Gasteiger partial charge >= 0.3 is 0 Å². The minimum absolute atomic E-state index is 0.181. The summed E-state index contributed by atoms with van der Waals surface area (Å²) in [5, 5.41) is 5.52. The Morgan fingerprint density at radius 1 is 1.35 bits per heavy atom. The maximum absolute atomic E-state index is 13.2. The van der Waals surface area contributed by atoms with Gasteiger partial charge in [0.2, 0.25) is 0 Å². The van der Waals surface area contributed by atoms with Crippen molar-refractivity contribution in [1.82, 2.24) is 5.32 Å². The molecule has 2 nitrogen and oxygen atoms in total. The van der Waals surface area contributed by atoms with E-state index in [4.69, 9.17) is 4.74 Å². The zero-order valence-electron chi connectivity index (χ0n) is 12.1. The van der Waals surface area contributed by atoms with Gasteiger partial charge in [-0.05, 0) is 54.6 Å². The lowest BCUT2D eigenvalue weighted by atomic mass is 9.99. The quantitative estimate of drug-likeness (QED) is 0.866. The molecule has 1 aromatic carbocycles. The first kappa shape index (κ1) is 15.0. The molecule has 0 bridgehead atoms. The second kappa shape index (κ2) is 6.86. The summed E-state index contributed by atoms with van der Waals surface area (Å²) in [6, 6.07) is 7.16. The van der Waals surface area contributed by atoms with Gasteiger partial charge in [-0.2, -0.15) is 0 Å². The summed E-state index contributed by atoms with van der Waals surface area (Å²) in [6.07, 6.45) is 0.830. The third kappa shape index (κ3) is 3.38. The van der Waals surface area contributed by atoms with Crippen LogP contribution in [0.1, 0.15) is 29.0 Å². The number of benzene rings is 1. The molecule has 4 heteroatoms. The molecule has 1 atom stereocenters. The third-order valence-corrected chi connectivity index (χ3v) is 4.38. The minimum atomic E-state index is -0.181. The van der Waals surface area contributed by atoms with E-state index in [-0.39, 0.29) is 11.9 Å². The van der Waals surface area contributed by atoms with Crippen LogP contribution in [0.3, 0.4) is 0 Å². The summed E-state index contributed by atoms with van der Waals surface area (Å²) in [6.45, 7) is 4.92. The monoisotopic (exact) mass is 293 g/mol. The van der Waals surface area contributed by atoms with Crippen LogP contribution in [0.5, 0.6) is 5.75 Å². The summed E-state index contributed by atoms with van der Waals surface area (Å²) < 4.78 is 18.6. The standard InChI is InChI=1S/C16H20FNOS/c1-4-18-14(16-15(19-3)7-8-20-16)10-12-5-6-13(17)9-11(12)2/h5-9,14,18H,4,10H2,1-3H3. The average Bonchev–Trinajstić information content (AvgIpc) is 2.89. The molecule has 0 spiro atoms. The largest absolute Gasteiger partial charge is 0.496 e. The van der Waals surface area contributed by atoms with Crippen molar-refractivity contribution in [3.8, 4) is 5.75 Å². The molecule has 0 amide bonds. The van der Waals surface area contributed by atoms with Crippen LogP contribution in [0.25, 0.3) is 0 Å². The van der Waals surface area contributed by atoms with E-state index < -0.39 is 0 Å². The molecule has 0 aliphatic heterocycles. The SMILES string of the molecule is CCNC(Cc1ccc(F)cc1C)c1sccc1OC. The van der Waals surface area contributed by atoms with Gasteiger partial charge in [0.1, 0.15) is 11.6 Å². The fourth-order valence-electron chi connectivity index (χ4n) is 2.34. The van der Waals surface area contributed by atoms with Gasteiger partial charge in [-0.25, -0.2) is 4.39 Å². The van der Waals surface area contributed by atoms with Crippen LogP contribution in [0, 0.1) is 12.7 Å². The number of methoxy groups -OCH3 is 1. The van der Waals surface area contributed by atoms with E-state index in [2.05, 4.69) is 12.2 Å². The van der Waals surface area contributed by atoms with Gasteiger partial charge in [0.05, 0.1) is 12.0 Å².